The van der Waals surface area contributed by atoms with Gasteiger partial charge in [0.1, 0.15) is 35.8 Å². The number of carbonyl (C=O) groups excluding carboxylic acids is 1. The summed E-state index contributed by atoms with van der Waals surface area (Å²) in [4.78, 5) is 20.4. The molecule has 5 N–H and O–H groups in total. The van der Waals surface area contributed by atoms with Crippen LogP contribution in [-0.2, 0) is 4.79 Å². The zero-order chi connectivity index (χ0) is 24.1. The molecule has 166 valence electrons. The molecule has 0 saturated heterocycles. The van der Waals surface area contributed by atoms with Crippen molar-refractivity contribution in [2.24, 2.45) is 11.5 Å². The van der Waals surface area contributed by atoms with Crippen molar-refractivity contribution in [3.05, 3.63) is 107 Å². The van der Waals surface area contributed by atoms with Crippen LogP contribution >= 0.6 is 0 Å². The maximum Gasteiger partial charge on any atom is 0.325 e. The van der Waals surface area contributed by atoms with Gasteiger partial charge in [-0.25, -0.2) is 13.2 Å². The fraction of sp³-hybridized carbons (Fsp3) is 0.0870. The zero-order valence-electron chi connectivity index (χ0n) is 16.7. The zero-order valence-corrected chi connectivity index (χ0v) is 16.7. The normalized spacial score (nSPS) is 11.4. The highest BCUT2D eigenvalue weighted by molar-refractivity contribution is 5.75. The molecule has 0 aromatic heterocycles. The molecule has 0 heterocycles. The molecule has 9 heteroatoms. The largest absolute Gasteiger partial charge is 0.480 e. The topological polar surface area (TPSA) is 130 Å². The minimum Gasteiger partial charge on any atom is -0.480 e. The summed E-state index contributed by atoms with van der Waals surface area (Å²) in [5.41, 5.74) is 12.1. The fourth-order valence-electron chi connectivity index (χ4n) is 2.10. The third-order valence-corrected chi connectivity index (χ3v) is 3.87. The van der Waals surface area contributed by atoms with Crippen LogP contribution < -0.4 is 11.5 Å². The van der Waals surface area contributed by atoms with E-state index in [0.717, 1.165) is 0 Å². The van der Waals surface area contributed by atoms with Crippen molar-refractivity contribution in [1.29, 1.82) is 5.26 Å². The van der Waals surface area contributed by atoms with E-state index in [1.54, 1.807) is 0 Å². The van der Waals surface area contributed by atoms with Gasteiger partial charge >= 0.3 is 5.97 Å². The van der Waals surface area contributed by atoms with E-state index in [2.05, 4.69) is 0 Å². The highest BCUT2D eigenvalue weighted by Crippen LogP contribution is 2.11. The quantitative estimate of drug-likeness (QED) is 0.525. The van der Waals surface area contributed by atoms with E-state index in [-0.39, 0.29) is 11.6 Å². The lowest BCUT2D eigenvalue weighted by Gasteiger charge is -2.05. The summed E-state index contributed by atoms with van der Waals surface area (Å²) in [5.74, 6) is -2.17. The van der Waals surface area contributed by atoms with Gasteiger partial charge in [0.2, 0.25) is 0 Å². The summed E-state index contributed by atoms with van der Waals surface area (Å²) >= 11 is 0. The molecule has 0 spiro atoms. The number of aldehydes is 1. The van der Waals surface area contributed by atoms with Crippen LogP contribution in [0.1, 0.15) is 33.6 Å². The Morgan fingerprint density at radius 2 is 1.19 bits per heavy atom. The third kappa shape index (κ3) is 9.21. The average molecular weight is 443 g/mol. The molecule has 6 nitrogen and oxygen atoms in total. The molecule has 0 amide bonds. The van der Waals surface area contributed by atoms with Crippen molar-refractivity contribution in [2.45, 2.75) is 12.1 Å². The maximum atomic E-state index is 12.4. The first-order valence-electron chi connectivity index (χ1n) is 9.03. The highest BCUT2D eigenvalue weighted by atomic mass is 19.1. The van der Waals surface area contributed by atoms with E-state index in [1.807, 2.05) is 6.07 Å². The smallest absolute Gasteiger partial charge is 0.325 e. The van der Waals surface area contributed by atoms with Gasteiger partial charge < -0.3 is 16.6 Å². The number of hydrogen-bond acceptors (Lipinski definition) is 5. The summed E-state index contributed by atoms with van der Waals surface area (Å²) in [7, 11) is 0. The Bertz CT molecular complexity index is 1040. The first kappa shape index (κ1) is 26.0. The molecule has 0 bridgehead atoms. The van der Waals surface area contributed by atoms with Crippen LogP contribution in [-0.4, -0.2) is 17.4 Å². The van der Waals surface area contributed by atoms with Gasteiger partial charge in [-0.15, -0.1) is 0 Å². The van der Waals surface area contributed by atoms with Crippen LogP contribution in [0.2, 0.25) is 0 Å². The van der Waals surface area contributed by atoms with Gasteiger partial charge in [0.15, 0.2) is 0 Å². The third-order valence-electron chi connectivity index (χ3n) is 3.87. The number of nitrogens with two attached hydrogens (primary N) is 2. The van der Waals surface area contributed by atoms with Gasteiger partial charge in [-0.05, 0) is 59.7 Å². The molecule has 0 radical (unpaired) electrons. The Hall–Kier alpha value is -4.00. The molecule has 3 aromatic carbocycles. The van der Waals surface area contributed by atoms with Crippen LogP contribution in [0.15, 0.2) is 72.8 Å². The number of carboxylic acids is 1. The molecule has 0 aliphatic heterocycles. The van der Waals surface area contributed by atoms with Crippen LogP contribution in [0.5, 0.6) is 0 Å². The van der Waals surface area contributed by atoms with Gasteiger partial charge in [0.05, 0.1) is 6.07 Å². The first-order valence-corrected chi connectivity index (χ1v) is 9.03. The maximum absolute atomic E-state index is 12.4. The molecule has 0 saturated carbocycles. The van der Waals surface area contributed by atoms with E-state index in [4.69, 9.17) is 21.8 Å². The summed E-state index contributed by atoms with van der Waals surface area (Å²) < 4.78 is 36.8. The number of halogens is 3. The van der Waals surface area contributed by atoms with E-state index in [9.17, 15) is 22.8 Å². The number of nitrogens with zero attached hydrogens (tertiary/aromatic N) is 1. The monoisotopic (exact) mass is 443 g/mol. The molecule has 0 aliphatic carbocycles. The van der Waals surface area contributed by atoms with E-state index >= 15 is 0 Å². The number of rotatable bonds is 4. The average Bonchev–Trinajstić information content (AvgIpc) is 2.80. The number of hydrogen-bond donors (Lipinski definition) is 3. The van der Waals surface area contributed by atoms with Crippen LogP contribution in [0.3, 0.4) is 0 Å². The minimum atomic E-state index is -1.12. The number of aliphatic carboxylic acids is 1. The lowest BCUT2D eigenvalue weighted by Crippen LogP contribution is -2.20. The second kappa shape index (κ2) is 13.3. The second-order valence-electron chi connectivity index (χ2n) is 6.20. The minimum absolute atomic E-state index is 0.319. The van der Waals surface area contributed by atoms with Gasteiger partial charge in [0.25, 0.3) is 0 Å². The van der Waals surface area contributed by atoms with Gasteiger partial charge in [-0.2, -0.15) is 5.26 Å². The molecule has 3 rings (SSSR count). The van der Waals surface area contributed by atoms with Crippen molar-refractivity contribution in [3.8, 4) is 6.07 Å². The molecule has 3 aromatic rings. The Labute approximate surface area is 182 Å². The van der Waals surface area contributed by atoms with Crippen molar-refractivity contribution >= 4 is 12.3 Å². The highest BCUT2D eigenvalue weighted by Gasteiger charge is 2.13. The fourth-order valence-corrected chi connectivity index (χ4v) is 2.10. The molecule has 0 aliphatic rings. The molecule has 1 unspecified atom stereocenters. The van der Waals surface area contributed by atoms with Crippen molar-refractivity contribution in [1.82, 2.24) is 0 Å². The summed E-state index contributed by atoms with van der Waals surface area (Å²) in [6, 6.07) is 16.1. The molecule has 2 atom stereocenters. The van der Waals surface area contributed by atoms with Crippen LogP contribution in [0, 0.1) is 28.8 Å². The number of benzene rings is 3. The Morgan fingerprint density at radius 3 is 1.53 bits per heavy atom. The summed E-state index contributed by atoms with van der Waals surface area (Å²) in [6.45, 7) is 0. The lowest BCUT2D eigenvalue weighted by atomic mass is 10.1. The predicted molar refractivity (Wildman–Crippen MR) is 112 cm³/mol. The molecule has 0 fully saturated rings. The SMILES string of the molecule is N#CC(N)c1ccc(F)cc1.N[C@@H](C(=O)O)c1ccc(F)cc1.O=Cc1ccc(F)cc1. The predicted octanol–water partition coefficient (Wildman–Crippen LogP) is 3.90. The second-order valence-corrected chi connectivity index (χ2v) is 6.20. The van der Waals surface area contributed by atoms with Crippen molar-refractivity contribution in [3.63, 3.8) is 0 Å². The summed E-state index contributed by atoms with van der Waals surface area (Å²) in [6.07, 6.45) is 0.680. The van der Waals surface area contributed by atoms with Gasteiger partial charge in [-0.3, -0.25) is 9.59 Å². The van der Waals surface area contributed by atoms with Gasteiger partial charge in [0, 0.05) is 5.56 Å². The Morgan fingerprint density at radius 1 is 0.812 bits per heavy atom. The van der Waals surface area contributed by atoms with Crippen molar-refractivity contribution in [2.75, 3.05) is 0 Å². The first-order chi connectivity index (χ1) is 15.2. The molecular weight excluding hydrogens is 423 g/mol. The standard InChI is InChI=1S/C8H7FN2.C8H8FNO2.C7H5FO/c9-7-3-1-6(2-4-7)8(11)5-10;9-6-3-1-5(2-4-6)7(10)8(11)12;8-7-3-1-6(5-9)2-4-7/h1-4,8H,11H2;1-4,7H,10H2,(H,11,12);1-5H/t;7-;/m.1./s1. The van der Waals surface area contributed by atoms with Crippen molar-refractivity contribution < 1.29 is 27.9 Å². The Kier molecular flexibility index (Phi) is 10.8. The summed E-state index contributed by atoms with van der Waals surface area (Å²) in [5, 5.41) is 16.9. The molecular formula is C23H20F3N3O3. The van der Waals surface area contributed by atoms with E-state index in [1.165, 1.54) is 72.8 Å². The van der Waals surface area contributed by atoms with Crippen LogP contribution in [0.25, 0.3) is 0 Å². The van der Waals surface area contributed by atoms with E-state index in [0.29, 0.717) is 23.0 Å². The molecule has 32 heavy (non-hydrogen) atoms. The van der Waals surface area contributed by atoms with Gasteiger partial charge in [-0.1, -0.05) is 24.3 Å². The number of carboxylic acid groups (broad SMARTS) is 1. The Balaban J connectivity index is 0.000000242. The lowest BCUT2D eigenvalue weighted by molar-refractivity contribution is -0.138. The number of nitriles is 1. The van der Waals surface area contributed by atoms with E-state index < -0.39 is 23.9 Å². The number of carbonyl (C=O) groups is 2. The van der Waals surface area contributed by atoms with Crippen LogP contribution in [0.4, 0.5) is 13.2 Å².